The number of aryl methyl sites for hydroxylation is 1. The van der Waals surface area contributed by atoms with Crippen LogP contribution in [0.2, 0.25) is 5.02 Å². The number of halogens is 5. The Balaban J connectivity index is 2.45. The fourth-order valence-corrected chi connectivity index (χ4v) is 2.05. The van der Waals surface area contributed by atoms with Gasteiger partial charge in [-0.3, -0.25) is 4.79 Å². The first kappa shape index (κ1) is 15.5. The molecule has 0 aromatic heterocycles. The molecule has 0 unspecified atom stereocenters. The topological polar surface area (TPSA) is 17.1 Å². The van der Waals surface area contributed by atoms with Gasteiger partial charge in [0.25, 0.3) is 0 Å². The van der Waals surface area contributed by atoms with Crippen LogP contribution in [0.5, 0.6) is 0 Å². The van der Waals surface area contributed by atoms with E-state index in [-0.39, 0.29) is 11.1 Å². The van der Waals surface area contributed by atoms with Gasteiger partial charge in [0.1, 0.15) is 5.82 Å². The second-order valence-corrected chi connectivity index (χ2v) is 4.92. The maximum absolute atomic E-state index is 13.5. The lowest BCUT2D eigenvalue weighted by molar-refractivity contribution is -0.140. The maximum atomic E-state index is 13.5. The maximum Gasteiger partial charge on any atom is 0.419 e. The molecule has 2 aromatic rings. The van der Waals surface area contributed by atoms with Gasteiger partial charge >= 0.3 is 6.18 Å². The summed E-state index contributed by atoms with van der Waals surface area (Å²) in [5.41, 5.74) is -0.737. The van der Waals surface area contributed by atoms with Gasteiger partial charge < -0.3 is 0 Å². The van der Waals surface area contributed by atoms with Crippen molar-refractivity contribution in [2.75, 3.05) is 0 Å². The number of rotatable bonds is 2. The molecule has 0 spiro atoms. The lowest BCUT2D eigenvalue weighted by Gasteiger charge is -2.10. The number of benzene rings is 2. The van der Waals surface area contributed by atoms with E-state index in [4.69, 9.17) is 11.6 Å². The molecule has 2 aromatic carbocycles. The van der Waals surface area contributed by atoms with Crippen molar-refractivity contribution >= 4 is 17.4 Å². The van der Waals surface area contributed by atoms with Crippen LogP contribution in [0, 0.1) is 12.7 Å². The zero-order valence-corrected chi connectivity index (χ0v) is 11.5. The second kappa shape index (κ2) is 5.48. The third-order valence-corrected chi connectivity index (χ3v) is 3.22. The summed E-state index contributed by atoms with van der Waals surface area (Å²) < 4.78 is 50.9. The molecule has 6 heteroatoms. The lowest BCUT2D eigenvalue weighted by Crippen LogP contribution is -2.10. The van der Waals surface area contributed by atoms with Gasteiger partial charge in [-0.2, -0.15) is 13.2 Å². The molecular weight excluding hydrogens is 308 g/mol. The van der Waals surface area contributed by atoms with Crippen molar-refractivity contribution in [3.05, 3.63) is 69.5 Å². The van der Waals surface area contributed by atoms with E-state index in [1.807, 2.05) is 0 Å². The molecule has 0 aliphatic rings. The van der Waals surface area contributed by atoms with Crippen molar-refractivity contribution in [2.24, 2.45) is 0 Å². The summed E-state index contributed by atoms with van der Waals surface area (Å²) in [5.74, 6) is -2.06. The van der Waals surface area contributed by atoms with E-state index >= 15 is 0 Å². The quantitative estimate of drug-likeness (QED) is 0.560. The molecule has 2 rings (SSSR count). The molecule has 1 nitrogen and oxygen atoms in total. The van der Waals surface area contributed by atoms with Gasteiger partial charge in [-0.05, 0) is 36.8 Å². The van der Waals surface area contributed by atoms with Gasteiger partial charge in [0.15, 0.2) is 5.78 Å². The van der Waals surface area contributed by atoms with E-state index in [9.17, 15) is 22.4 Å². The van der Waals surface area contributed by atoms with E-state index in [1.165, 1.54) is 6.07 Å². The second-order valence-electron chi connectivity index (χ2n) is 4.48. The van der Waals surface area contributed by atoms with E-state index in [1.54, 1.807) is 19.1 Å². The Bertz CT molecular complexity index is 707. The molecule has 0 amide bonds. The molecule has 110 valence electrons. The minimum atomic E-state index is -4.79. The molecule has 0 aliphatic carbocycles. The van der Waals surface area contributed by atoms with Gasteiger partial charge in [-0.15, -0.1) is 0 Å². The minimum absolute atomic E-state index is 0.161. The van der Waals surface area contributed by atoms with Crippen molar-refractivity contribution in [3.63, 3.8) is 0 Å². The van der Waals surface area contributed by atoms with Crippen molar-refractivity contribution in [1.29, 1.82) is 0 Å². The standard InChI is InChI=1S/C15H9ClF4O/c1-8-2-4-10(16)7-11(8)14(21)9-3-5-12(13(17)6-9)15(18,19)20/h2-7H,1H3. The summed E-state index contributed by atoms with van der Waals surface area (Å²) in [5, 5.41) is 0.316. The van der Waals surface area contributed by atoms with E-state index < -0.39 is 23.3 Å². The summed E-state index contributed by atoms with van der Waals surface area (Å²) in [4.78, 5) is 12.2. The van der Waals surface area contributed by atoms with Crippen LogP contribution in [0.3, 0.4) is 0 Å². The average Bonchev–Trinajstić information content (AvgIpc) is 2.39. The highest BCUT2D eigenvalue weighted by Crippen LogP contribution is 2.32. The molecular formula is C15H9ClF4O. The fraction of sp³-hybridized carbons (Fsp3) is 0.133. The number of hydrogen-bond donors (Lipinski definition) is 0. The molecule has 0 heterocycles. The largest absolute Gasteiger partial charge is 0.419 e. The van der Waals surface area contributed by atoms with Gasteiger partial charge in [-0.25, -0.2) is 4.39 Å². The number of hydrogen-bond acceptors (Lipinski definition) is 1. The third kappa shape index (κ3) is 3.24. The Kier molecular flexibility index (Phi) is 4.05. The van der Waals surface area contributed by atoms with Crippen LogP contribution in [-0.2, 0) is 6.18 Å². The molecule has 0 radical (unpaired) electrons. The van der Waals surface area contributed by atoms with Gasteiger partial charge in [0, 0.05) is 16.1 Å². The molecule has 0 fully saturated rings. The number of ketones is 1. The Morgan fingerprint density at radius 2 is 1.76 bits per heavy atom. The van der Waals surface area contributed by atoms with Crippen LogP contribution < -0.4 is 0 Å². The van der Waals surface area contributed by atoms with E-state index in [0.717, 1.165) is 6.07 Å². The monoisotopic (exact) mass is 316 g/mol. The first-order valence-corrected chi connectivity index (χ1v) is 6.25. The van der Waals surface area contributed by atoms with Crippen LogP contribution >= 0.6 is 11.6 Å². The van der Waals surface area contributed by atoms with Crippen molar-refractivity contribution in [1.82, 2.24) is 0 Å². The first-order chi connectivity index (χ1) is 9.70. The molecule has 0 atom stereocenters. The van der Waals surface area contributed by atoms with Crippen molar-refractivity contribution in [2.45, 2.75) is 13.1 Å². The molecule has 0 N–H and O–H groups in total. The summed E-state index contributed by atoms with van der Waals surface area (Å²) in [7, 11) is 0. The van der Waals surface area contributed by atoms with E-state index in [2.05, 4.69) is 0 Å². The minimum Gasteiger partial charge on any atom is -0.289 e. The molecule has 21 heavy (non-hydrogen) atoms. The summed E-state index contributed by atoms with van der Waals surface area (Å²) in [6, 6.07) is 6.69. The SMILES string of the molecule is Cc1ccc(Cl)cc1C(=O)c1ccc(C(F)(F)F)c(F)c1. The summed E-state index contributed by atoms with van der Waals surface area (Å²) in [6.45, 7) is 1.66. The van der Waals surface area contributed by atoms with E-state index in [0.29, 0.717) is 22.7 Å². The number of alkyl halides is 3. The Labute approximate surface area is 123 Å². The van der Waals surface area contributed by atoms with Crippen LogP contribution in [0.4, 0.5) is 17.6 Å². The van der Waals surface area contributed by atoms with Crippen molar-refractivity contribution < 1.29 is 22.4 Å². The fourth-order valence-electron chi connectivity index (χ4n) is 1.88. The Morgan fingerprint density at radius 3 is 2.33 bits per heavy atom. The number of carbonyl (C=O) groups excluding carboxylic acids is 1. The smallest absolute Gasteiger partial charge is 0.289 e. The molecule has 0 aliphatic heterocycles. The van der Waals surface area contributed by atoms with Crippen LogP contribution in [0.15, 0.2) is 36.4 Å². The Morgan fingerprint density at radius 1 is 1.10 bits per heavy atom. The van der Waals surface area contributed by atoms with Gasteiger partial charge in [-0.1, -0.05) is 23.7 Å². The molecule has 0 saturated heterocycles. The highest BCUT2D eigenvalue weighted by atomic mass is 35.5. The van der Waals surface area contributed by atoms with Crippen LogP contribution in [0.25, 0.3) is 0 Å². The molecule has 0 bridgehead atoms. The first-order valence-electron chi connectivity index (χ1n) is 5.88. The normalized spacial score (nSPS) is 11.5. The van der Waals surface area contributed by atoms with Crippen molar-refractivity contribution in [3.8, 4) is 0 Å². The highest BCUT2D eigenvalue weighted by Gasteiger charge is 2.34. The predicted molar refractivity (Wildman–Crippen MR) is 71.0 cm³/mol. The predicted octanol–water partition coefficient (Wildman–Crippen LogP) is 5.04. The van der Waals surface area contributed by atoms with Gasteiger partial charge in [0.2, 0.25) is 0 Å². The average molecular weight is 317 g/mol. The zero-order valence-electron chi connectivity index (χ0n) is 10.8. The zero-order chi connectivity index (χ0) is 15.8. The lowest BCUT2D eigenvalue weighted by atomic mass is 9.98. The summed E-state index contributed by atoms with van der Waals surface area (Å²) >= 11 is 5.79. The van der Waals surface area contributed by atoms with Crippen LogP contribution in [0.1, 0.15) is 27.0 Å². The number of carbonyl (C=O) groups is 1. The molecule has 0 saturated carbocycles. The summed E-state index contributed by atoms with van der Waals surface area (Å²) in [6.07, 6.45) is -4.79. The highest BCUT2D eigenvalue weighted by molar-refractivity contribution is 6.31. The Hall–Kier alpha value is -1.88. The third-order valence-electron chi connectivity index (χ3n) is 2.98. The van der Waals surface area contributed by atoms with Gasteiger partial charge in [0.05, 0.1) is 5.56 Å². The van der Waals surface area contributed by atoms with Crippen LogP contribution in [-0.4, -0.2) is 5.78 Å².